The van der Waals surface area contributed by atoms with Crippen LogP contribution in [0.25, 0.3) is 5.69 Å². The third-order valence-corrected chi connectivity index (χ3v) is 3.30. The van der Waals surface area contributed by atoms with E-state index in [1.807, 2.05) is 0 Å². The van der Waals surface area contributed by atoms with Gasteiger partial charge in [0, 0.05) is 16.9 Å². The largest absolute Gasteiger partial charge is 0.284 e. The van der Waals surface area contributed by atoms with E-state index in [0.717, 1.165) is 11.8 Å². The molecule has 0 fully saturated rings. The molecule has 0 N–H and O–H groups in total. The Morgan fingerprint density at radius 3 is 2.50 bits per heavy atom. The van der Waals surface area contributed by atoms with Gasteiger partial charge >= 0.3 is 0 Å². The van der Waals surface area contributed by atoms with E-state index >= 15 is 0 Å². The van der Waals surface area contributed by atoms with E-state index in [4.69, 9.17) is 11.6 Å². The summed E-state index contributed by atoms with van der Waals surface area (Å²) < 4.78 is 1.43. The maximum absolute atomic E-state index is 12.2. The third-order valence-electron chi connectivity index (χ3n) is 2.46. The minimum atomic E-state index is -0.320. The predicted molar refractivity (Wildman–Crippen MR) is 74.9 cm³/mol. The lowest BCUT2D eigenvalue weighted by atomic mass is 10.2. The van der Waals surface area contributed by atoms with Crippen molar-refractivity contribution < 1.29 is 4.79 Å². The summed E-state index contributed by atoms with van der Waals surface area (Å²) in [4.78, 5) is 23.8. The number of carbonyl (C=O) groups is 1. The fourth-order valence-electron chi connectivity index (χ4n) is 1.56. The summed E-state index contributed by atoms with van der Waals surface area (Å²) in [5.41, 5.74) is 0.541. The van der Waals surface area contributed by atoms with Gasteiger partial charge in [0.05, 0.1) is 5.56 Å². The van der Waals surface area contributed by atoms with E-state index in [2.05, 4.69) is 0 Å². The first-order valence-electron chi connectivity index (χ1n) is 5.19. The molecule has 0 aliphatic carbocycles. The molecule has 0 saturated carbocycles. The van der Waals surface area contributed by atoms with E-state index in [9.17, 15) is 9.59 Å². The molecule has 1 aromatic carbocycles. The minimum absolute atomic E-state index is 0.181. The SMILES string of the molecule is CSC(=O)c1cccn(-c2ccc(Cl)cc2)c1=O. The van der Waals surface area contributed by atoms with E-state index in [0.29, 0.717) is 10.7 Å². The van der Waals surface area contributed by atoms with Gasteiger partial charge in [-0.25, -0.2) is 0 Å². The zero-order chi connectivity index (χ0) is 13.1. The second kappa shape index (κ2) is 5.42. The molecule has 2 rings (SSSR count). The Balaban J connectivity index is 2.56. The van der Waals surface area contributed by atoms with Crippen LogP contribution in [0.1, 0.15) is 10.4 Å². The third kappa shape index (κ3) is 2.49. The summed E-state index contributed by atoms with van der Waals surface area (Å²) in [6, 6.07) is 10.1. The lowest BCUT2D eigenvalue weighted by molar-refractivity contribution is 0.108. The number of hydrogen-bond acceptors (Lipinski definition) is 3. The van der Waals surface area contributed by atoms with Gasteiger partial charge in [0.2, 0.25) is 5.12 Å². The van der Waals surface area contributed by atoms with Crippen LogP contribution in [0.3, 0.4) is 0 Å². The first-order valence-corrected chi connectivity index (χ1v) is 6.79. The number of carbonyl (C=O) groups excluding carboxylic acids is 1. The number of nitrogens with zero attached hydrogens (tertiary/aromatic N) is 1. The van der Waals surface area contributed by atoms with E-state index in [-0.39, 0.29) is 16.2 Å². The summed E-state index contributed by atoms with van der Waals surface area (Å²) in [7, 11) is 0. The number of aromatic nitrogens is 1. The van der Waals surface area contributed by atoms with Crippen LogP contribution < -0.4 is 5.56 Å². The molecule has 18 heavy (non-hydrogen) atoms. The van der Waals surface area contributed by atoms with Crippen LogP contribution in [0.4, 0.5) is 0 Å². The van der Waals surface area contributed by atoms with Gasteiger partial charge in [-0.15, -0.1) is 0 Å². The van der Waals surface area contributed by atoms with Gasteiger partial charge in [-0.3, -0.25) is 14.2 Å². The number of hydrogen-bond donors (Lipinski definition) is 0. The average Bonchev–Trinajstić information content (AvgIpc) is 2.39. The van der Waals surface area contributed by atoms with Gasteiger partial charge in [0.15, 0.2) is 0 Å². The lowest BCUT2D eigenvalue weighted by Crippen LogP contribution is -2.23. The van der Waals surface area contributed by atoms with Crippen LogP contribution in [0, 0.1) is 0 Å². The standard InChI is InChI=1S/C13H10ClNO2S/c1-18-13(17)11-3-2-8-15(12(11)16)10-6-4-9(14)5-7-10/h2-8H,1H3. The second-order valence-electron chi connectivity index (χ2n) is 3.57. The zero-order valence-electron chi connectivity index (χ0n) is 9.59. The summed E-state index contributed by atoms with van der Waals surface area (Å²) in [5, 5.41) is 0.367. The Labute approximate surface area is 113 Å². The van der Waals surface area contributed by atoms with Crippen LogP contribution in [-0.4, -0.2) is 15.9 Å². The number of thioether (sulfide) groups is 1. The van der Waals surface area contributed by atoms with E-state index < -0.39 is 0 Å². The molecule has 0 unspecified atom stereocenters. The molecular weight excluding hydrogens is 270 g/mol. The van der Waals surface area contributed by atoms with Crippen molar-refractivity contribution in [3.05, 3.63) is 63.5 Å². The monoisotopic (exact) mass is 279 g/mol. The van der Waals surface area contributed by atoms with Crippen LogP contribution in [0.5, 0.6) is 0 Å². The molecule has 5 heteroatoms. The molecule has 0 atom stereocenters. The average molecular weight is 280 g/mol. The summed E-state index contributed by atoms with van der Waals surface area (Å²) in [6.07, 6.45) is 3.28. The zero-order valence-corrected chi connectivity index (χ0v) is 11.2. The Kier molecular flexibility index (Phi) is 3.89. The number of pyridine rings is 1. The van der Waals surface area contributed by atoms with Gasteiger partial charge < -0.3 is 0 Å². The molecule has 3 nitrogen and oxygen atoms in total. The molecule has 2 aromatic rings. The van der Waals surface area contributed by atoms with Crippen molar-refractivity contribution in [2.45, 2.75) is 0 Å². The van der Waals surface area contributed by atoms with E-state index in [1.54, 1.807) is 42.8 Å². The Hall–Kier alpha value is -1.52. The highest BCUT2D eigenvalue weighted by molar-refractivity contribution is 8.13. The first kappa shape index (κ1) is 12.9. The molecule has 0 bridgehead atoms. The maximum Gasteiger partial charge on any atom is 0.266 e. The summed E-state index contributed by atoms with van der Waals surface area (Å²) >= 11 is 6.82. The van der Waals surface area contributed by atoms with Crippen molar-refractivity contribution >= 4 is 28.5 Å². The van der Waals surface area contributed by atoms with Gasteiger partial charge in [-0.2, -0.15) is 0 Å². The topological polar surface area (TPSA) is 39.1 Å². The number of benzene rings is 1. The van der Waals surface area contributed by atoms with Crippen molar-refractivity contribution in [3.8, 4) is 5.69 Å². The fourth-order valence-corrected chi connectivity index (χ4v) is 2.07. The van der Waals surface area contributed by atoms with Crippen molar-refractivity contribution in [3.63, 3.8) is 0 Å². The van der Waals surface area contributed by atoms with Crippen LogP contribution >= 0.6 is 23.4 Å². The normalized spacial score (nSPS) is 10.3. The fraction of sp³-hybridized carbons (Fsp3) is 0.0769. The second-order valence-corrected chi connectivity index (χ2v) is 4.78. The van der Waals surface area contributed by atoms with Crippen molar-refractivity contribution in [2.75, 3.05) is 6.26 Å². The molecule has 0 spiro atoms. The molecule has 92 valence electrons. The van der Waals surface area contributed by atoms with Gasteiger partial charge in [-0.05, 0) is 42.7 Å². The molecule has 0 aliphatic rings. The smallest absolute Gasteiger partial charge is 0.266 e. The first-order chi connectivity index (χ1) is 8.63. The lowest BCUT2D eigenvalue weighted by Gasteiger charge is -2.07. The molecule has 0 saturated heterocycles. The van der Waals surface area contributed by atoms with Crippen LogP contribution in [-0.2, 0) is 0 Å². The van der Waals surface area contributed by atoms with Gasteiger partial charge in [-0.1, -0.05) is 23.4 Å². The van der Waals surface area contributed by atoms with Crippen molar-refractivity contribution in [2.24, 2.45) is 0 Å². The Morgan fingerprint density at radius 1 is 1.22 bits per heavy atom. The highest BCUT2D eigenvalue weighted by atomic mass is 35.5. The highest BCUT2D eigenvalue weighted by Gasteiger charge is 2.11. The van der Waals surface area contributed by atoms with Crippen LogP contribution in [0.15, 0.2) is 47.4 Å². The maximum atomic E-state index is 12.2. The van der Waals surface area contributed by atoms with Gasteiger partial charge in [0.1, 0.15) is 0 Å². The van der Waals surface area contributed by atoms with Crippen LogP contribution in [0.2, 0.25) is 5.02 Å². The molecule has 0 aliphatic heterocycles. The Morgan fingerprint density at radius 2 is 1.89 bits per heavy atom. The molecule has 0 amide bonds. The molecule has 1 aromatic heterocycles. The van der Waals surface area contributed by atoms with Gasteiger partial charge in [0.25, 0.3) is 5.56 Å². The number of rotatable bonds is 2. The Bertz CT molecular complexity index is 634. The quantitative estimate of drug-likeness (QED) is 0.848. The molecular formula is C13H10ClNO2S. The minimum Gasteiger partial charge on any atom is -0.284 e. The summed E-state index contributed by atoms with van der Waals surface area (Å²) in [6.45, 7) is 0. The predicted octanol–water partition coefficient (Wildman–Crippen LogP) is 2.99. The van der Waals surface area contributed by atoms with Crippen molar-refractivity contribution in [1.29, 1.82) is 0 Å². The number of halogens is 1. The van der Waals surface area contributed by atoms with Crippen molar-refractivity contribution in [1.82, 2.24) is 4.57 Å². The van der Waals surface area contributed by atoms with E-state index in [1.165, 1.54) is 10.6 Å². The summed E-state index contributed by atoms with van der Waals surface area (Å²) in [5.74, 6) is 0. The molecule has 1 heterocycles. The molecule has 0 radical (unpaired) electrons. The highest BCUT2D eigenvalue weighted by Crippen LogP contribution is 2.13.